The van der Waals surface area contributed by atoms with Crippen molar-refractivity contribution in [3.63, 3.8) is 0 Å². The van der Waals surface area contributed by atoms with Gasteiger partial charge in [-0.25, -0.2) is 4.39 Å². The standard InChI is InChI=1S/C11H15FN2O/c1-14(2)7-6-8-9(11(13)15)4-3-5-10(8)12/h3-5H,6-7H2,1-2H3,(H2,13,15). The number of hydrogen-bond donors (Lipinski definition) is 1. The molecule has 0 bridgehead atoms. The summed E-state index contributed by atoms with van der Waals surface area (Å²) in [6.45, 7) is 0.682. The van der Waals surface area contributed by atoms with Crippen LogP contribution in [0.3, 0.4) is 0 Å². The van der Waals surface area contributed by atoms with Gasteiger partial charge in [0.2, 0.25) is 5.91 Å². The second kappa shape index (κ2) is 4.89. The highest BCUT2D eigenvalue weighted by molar-refractivity contribution is 5.94. The van der Waals surface area contributed by atoms with Gasteiger partial charge in [0.05, 0.1) is 0 Å². The van der Waals surface area contributed by atoms with Gasteiger partial charge in [0.25, 0.3) is 0 Å². The van der Waals surface area contributed by atoms with Gasteiger partial charge in [0.1, 0.15) is 5.82 Å². The lowest BCUT2D eigenvalue weighted by molar-refractivity contribution is 0.0998. The Hall–Kier alpha value is -1.42. The normalized spacial score (nSPS) is 10.7. The zero-order chi connectivity index (χ0) is 11.4. The summed E-state index contributed by atoms with van der Waals surface area (Å²) in [5.41, 5.74) is 5.85. The van der Waals surface area contributed by atoms with E-state index in [1.807, 2.05) is 19.0 Å². The number of amides is 1. The minimum Gasteiger partial charge on any atom is -0.366 e. The summed E-state index contributed by atoms with van der Waals surface area (Å²) in [7, 11) is 3.79. The van der Waals surface area contributed by atoms with Crippen LogP contribution in [0.2, 0.25) is 0 Å². The number of likely N-dealkylation sites (N-methyl/N-ethyl adjacent to an activating group) is 1. The first-order valence-electron chi connectivity index (χ1n) is 4.74. The maximum atomic E-state index is 13.4. The second-order valence-electron chi connectivity index (χ2n) is 3.68. The minimum absolute atomic E-state index is 0.275. The monoisotopic (exact) mass is 210 g/mol. The first kappa shape index (κ1) is 11.7. The molecular formula is C11H15FN2O. The molecule has 0 aliphatic heterocycles. The fourth-order valence-electron chi connectivity index (χ4n) is 1.38. The number of rotatable bonds is 4. The van der Waals surface area contributed by atoms with Crippen molar-refractivity contribution in [2.24, 2.45) is 5.73 Å². The van der Waals surface area contributed by atoms with E-state index in [1.165, 1.54) is 12.1 Å². The van der Waals surface area contributed by atoms with Crippen LogP contribution in [-0.2, 0) is 6.42 Å². The molecule has 0 aromatic heterocycles. The van der Waals surface area contributed by atoms with E-state index in [0.29, 0.717) is 18.5 Å². The van der Waals surface area contributed by atoms with E-state index in [9.17, 15) is 9.18 Å². The molecule has 0 aliphatic rings. The Morgan fingerprint density at radius 3 is 2.67 bits per heavy atom. The molecule has 1 amide bonds. The van der Waals surface area contributed by atoms with E-state index in [-0.39, 0.29) is 11.4 Å². The first-order chi connectivity index (χ1) is 7.02. The van der Waals surface area contributed by atoms with Crippen LogP contribution in [0, 0.1) is 5.82 Å². The van der Waals surface area contributed by atoms with Crippen LogP contribution < -0.4 is 5.73 Å². The molecule has 3 nitrogen and oxygen atoms in total. The maximum absolute atomic E-state index is 13.4. The summed E-state index contributed by atoms with van der Waals surface area (Å²) in [6.07, 6.45) is 0.484. The third-order valence-corrected chi connectivity index (χ3v) is 2.19. The zero-order valence-electron chi connectivity index (χ0n) is 8.96. The molecule has 0 radical (unpaired) electrons. The van der Waals surface area contributed by atoms with E-state index in [4.69, 9.17) is 5.73 Å². The SMILES string of the molecule is CN(C)CCc1c(F)cccc1C(N)=O. The number of primary amides is 1. The number of carbonyl (C=O) groups excluding carboxylic acids is 1. The Morgan fingerprint density at radius 1 is 1.47 bits per heavy atom. The highest BCUT2D eigenvalue weighted by Crippen LogP contribution is 2.14. The van der Waals surface area contributed by atoms with Crippen LogP contribution in [0.4, 0.5) is 4.39 Å². The van der Waals surface area contributed by atoms with E-state index < -0.39 is 5.91 Å². The van der Waals surface area contributed by atoms with Gasteiger partial charge >= 0.3 is 0 Å². The molecule has 1 aromatic carbocycles. The van der Waals surface area contributed by atoms with Gasteiger partial charge in [0.15, 0.2) is 0 Å². The van der Waals surface area contributed by atoms with Crippen LogP contribution in [0.5, 0.6) is 0 Å². The van der Waals surface area contributed by atoms with Gasteiger partial charge in [-0.05, 0) is 32.6 Å². The van der Waals surface area contributed by atoms with Gasteiger partial charge in [-0.2, -0.15) is 0 Å². The lowest BCUT2D eigenvalue weighted by atomic mass is 10.0. The summed E-state index contributed by atoms with van der Waals surface area (Å²) >= 11 is 0. The Balaban J connectivity index is 2.97. The number of halogens is 1. The Kier molecular flexibility index (Phi) is 3.80. The highest BCUT2D eigenvalue weighted by Gasteiger charge is 2.12. The number of carbonyl (C=O) groups is 1. The quantitative estimate of drug-likeness (QED) is 0.806. The number of nitrogens with zero attached hydrogens (tertiary/aromatic N) is 1. The molecule has 0 atom stereocenters. The summed E-state index contributed by atoms with van der Waals surface area (Å²) in [6, 6.07) is 4.39. The first-order valence-corrected chi connectivity index (χ1v) is 4.74. The molecule has 1 aromatic rings. The molecule has 15 heavy (non-hydrogen) atoms. The van der Waals surface area contributed by atoms with Gasteiger partial charge in [-0.1, -0.05) is 6.07 Å². The van der Waals surface area contributed by atoms with E-state index in [0.717, 1.165) is 0 Å². The van der Waals surface area contributed by atoms with Crippen LogP contribution >= 0.6 is 0 Å². The fraction of sp³-hybridized carbons (Fsp3) is 0.364. The predicted octanol–water partition coefficient (Wildman–Crippen LogP) is 1.03. The summed E-state index contributed by atoms with van der Waals surface area (Å²) < 4.78 is 13.4. The lowest BCUT2D eigenvalue weighted by Gasteiger charge is -2.12. The fourth-order valence-corrected chi connectivity index (χ4v) is 1.38. The number of hydrogen-bond acceptors (Lipinski definition) is 2. The van der Waals surface area contributed by atoms with Crippen molar-refractivity contribution >= 4 is 5.91 Å². The molecule has 0 heterocycles. The molecular weight excluding hydrogens is 195 g/mol. The summed E-state index contributed by atoms with van der Waals surface area (Å²) in [5, 5.41) is 0. The van der Waals surface area contributed by atoms with Crippen LogP contribution in [-0.4, -0.2) is 31.4 Å². The molecule has 0 aliphatic carbocycles. The molecule has 0 unspecified atom stereocenters. The Morgan fingerprint density at radius 2 is 2.13 bits per heavy atom. The average Bonchev–Trinajstić information content (AvgIpc) is 2.15. The molecule has 0 saturated heterocycles. The predicted molar refractivity (Wildman–Crippen MR) is 57.2 cm³/mol. The van der Waals surface area contributed by atoms with Crippen molar-refractivity contribution in [1.82, 2.24) is 4.90 Å². The maximum Gasteiger partial charge on any atom is 0.249 e. The van der Waals surface area contributed by atoms with Crippen molar-refractivity contribution in [1.29, 1.82) is 0 Å². The van der Waals surface area contributed by atoms with Gasteiger partial charge in [0, 0.05) is 17.7 Å². The zero-order valence-corrected chi connectivity index (χ0v) is 8.96. The Bertz CT molecular complexity index is 364. The molecule has 82 valence electrons. The topological polar surface area (TPSA) is 46.3 Å². The van der Waals surface area contributed by atoms with Crippen molar-refractivity contribution in [2.75, 3.05) is 20.6 Å². The van der Waals surface area contributed by atoms with E-state index in [2.05, 4.69) is 0 Å². The third-order valence-electron chi connectivity index (χ3n) is 2.19. The lowest BCUT2D eigenvalue weighted by Crippen LogP contribution is -2.20. The third kappa shape index (κ3) is 3.02. The van der Waals surface area contributed by atoms with Crippen molar-refractivity contribution in [2.45, 2.75) is 6.42 Å². The van der Waals surface area contributed by atoms with Gasteiger partial charge < -0.3 is 10.6 Å². The summed E-state index contributed by atoms with van der Waals surface area (Å²) in [4.78, 5) is 13.0. The van der Waals surface area contributed by atoms with Gasteiger partial charge in [-0.15, -0.1) is 0 Å². The number of benzene rings is 1. The molecule has 0 fully saturated rings. The largest absolute Gasteiger partial charge is 0.366 e. The Labute approximate surface area is 88.7 Å². The molecule has 1 rings (SSSR count). The highest BCUT2D eigenvalue weighted by atomic mass is 19.1. The van der Waals surface area contributed by atoms with Crippen LogP contribution in [0.15, 0.2) is 18.2 Å². The van der Waals surface area contributed by atoms with Crippen LogP contribution in [0.1, 0.15) is 15.9 Å². The second-order valence-corrected chi connectivity index (χ2v) is 3.68. The van der Waals surface area contributed by atoms with Crippen LogP contribution in [0.25, 0.3) is 0 Å². The average molecular weight is 210 g/mol. The number of nitrogens with two attached hydrogens (primary N) is 1. The molecule has 0 saturated carbocycles. The van der Waals surface area contributed by atoms with Crippen molar-refractivity contribution in [3.8, 4) is 0 Å². The molecule has 4 heteroatoms. The van der Waals surface area contributed by atoms with Gasteiger partial charge in [-0.3, -0.25) is 4.79 Å². The molecule has 2 N–H and O–H groups in total. The van der Waals surface area contributed by atoms with E-state index in [1.54, 1.807) is 6.07 Å². The molecule has 0 spiro atoms. The van der Waals surface area contributed by atoms with Crippen molar-refractivity contribution in [3.05, 3.63) is 35.1 Å². The summed E-state index contributed by atoms with van der Waals surface area (Å²) in [5.74, 6) is -0.948. The smallest absolute Gasteiger partial charge is 0.249 e. The minimum atomic E-state index is -0.580. The van der Waals surface area contributed by atoms with Crippen molar-refractivity contribution < 1.29 is 9.18 Å². The van der Waals surface area contributed by atoms with E-state index >= 15 is 0 Å².